The number of nitrogens with zero attached hydrogens (tertiary/aromatic N) is 2. The van der Waals surface area contributed by atoms with Crippen LogP contribution < -0.4 is 10.8 Å². The van der Waals surface area contributed by atoms with Gasteiger partial charge in [-0.25, -0.2) is 14.9 Å². The van der Waals surface area contributed by atoms with E-state index in [1.54, 1.807) is 12.1 Å². The van der Waals surface area contributed by atoms with Crippen molar-refractivity contribution in [1.82, 2.24) is 20.3 Å². The number of rotatable bonds is 8. The van der Waals surface area contributed by atoms with Crippen LogP contribution in [0.4, 0.5) is 4.39 Å². The highest BCUT2D eigenvalue weighted by Gasteiger charge is 2.25. The lowest BCUT2D eigenvalue weighted by molar-refractivity contribution is 0.164. The molecule has 0 amide bonds. The molecular formula is C17H23FN4O. The Hall–Kier alpha value is -1.76. The Kier molecular flexibility index (Phi) is 5.05. The summed E-state index contributed by atoms with van der Waals surface area (Å²) in [7, 11) is 0. The molecule has 1 unspecified atom stereocenters. The van der Waals surface area contributed by atoms with Gasteiger partial charge in [0.15, 0.2) is 0 Å². The first kappa shape index (κ1) is 16.1. The maximum absolute atomic E-state index is 14.2. The van der Waals surface area contributed by atoms with Crippen LogP contribution in [0.2, 0.25) is 0 Å². The Morgan fingerprint density at radius 3 is 2.87 bits per heavy atom. The Morgan fingerprint density at radius 1 is 1.39 bits per heavy atom. The van der Waals surface area contributed by atoms with Crippen molar-refractivity contribution < 1.29 is 9.60 Å². The SMILES string of the molecule is CC(NC1CC1)c1cn(CCCNO)c(-c2ccccc2F)n1. The molecule has 1 atom stereocenters. The molecule has 5 nitrogen and oxygen atoms in total. The number of hydrogen-bond donors (Lipinski definition) is 3. The van der Waals surface area contributed by atoms with Crippen LogP contribution in [0.15, 0.2) is 30.5 Å². The van der Waals surface area contributed by atoms with E-state index in [1.165, 1.54) is 18.9 Å². The third-order valence-electron chi connectivity index (χ3n) is 4.10. The van der Waals surface area contributed by atoms with E-state index in [1.807, 2.05) is 16.8 Å². The van der Waals surface area contributed by atoms with Crippen LogP contribution in [0.5, 0.6) is 0 Å². The summed E-state index contributed by atoms with van der Waals surface area (Å²) in [5.41, 5.74) is 3.58. The van der Waals surface area contributed by atoms with Crippen LogP contribution >= 0.6 is 0 Å². The predicted molar refractivity (Wildman–Crippen MR) is 86.6 cm³/mol. The van der Waals surface area contributed by atoms with Gasteiger partial charge in [-0.15, -0.1) is 0 Å². The summed E-state index contributed by atoms with van der Waals surface area (Å²) >= 11 is 0. The minimum absolute atomic E-state index is 0.144. The normalized spacial score (nSPS) is 15.8. The number of benzene rings is 1. The third kappa shape index (κ3) is 3.96. The van der Waals surface area contributed by atoms with Gasteiger partial charge in [-0.1, -0.05) is 12.1 Å². The molecular weight excluding hydrogens is 295 g/mol. The zero-order valence-electron chi connectivity index (χ0n) is 13.3. The highest BCUT2D eigenvalue weighted by molar-refractivity contribution is 5.57. The predicted octanol–water partition coefficient (Wildman–Crippen LogP) is 2.87. The zero-order valence-corrected chi connectivity index (χ0v) is 13.3. The molecule has 0 bridgehead atoms. The molecule has 1 fully saturated rings. The van der Waals surface area contributed by atoms with Gasteiger partial charge in [0.1, 0.15) is 11.6 Å². The van der Waals surface area contributed by atoms with Crippen molar-refractivity contribution in [1.29, 1.82) is 0 Å². The van der Waals surface area contributed by atoms with Crippen molar-refractivity contribution in [3.05, 3.63) is 42.0 Å². The summed E-state index contributed by atoms with van der Waals surface area (Å²) in [6.07, 6.45) is 5.15. The van der Waals surface area contributed by atoms with Crippen LogP contribution in [0.1, 0.15) is 37.9 Å². The maximum atomic E-state index is 14.2. The molecule has 0 spiro atoms. The van der Waals surface area contributed by atoms with Crippen LogP contribution in [0.3, 0.4) is 0 Å². The average Bonchev–Trinajstić information content (AvgIpc) is 3.25. The van der Waals surface area contributed by atoms with Crippen LogP contribution in [0.25, 0.3) is 11.4 Å². The zero-order chi connectivity index (χ0) is 16.2. The number of hydrogen-bond acceptors (Lipinski definition) is 4. The van der Waals surface area contributed by atoms with Crippen molar-refractivity contribution in [3.63, 3.8) is 0 Å². The molecule has 1 aromatic carbocycles. The lowest BCUT2D eigenvalue weighted by atomic mass is 10.2. The van der Waals surface area contributed by atoms with Crippen molar-refractivity contribution in [3.8, 4) is 11.4 Å². The maximum Gasteiger partial charge on any atom is 0.143 e. The van der Waals surface area contributed by atoms with E-state index in [2.05, 4.69) is 22.7 Å². The molecule has 3 rings (SSSR count). The van der Waals surface area contributed by atoms with Gasteiger partial charge in [0, 0.05) is 31.4 Å². The number of aryl methyl sites for hydroxylation is 1. The molecule has 0 aliphatic heterocycles. The fourth-order valence-corrected chi connectivity index (χ4v) is 2.69. The van der Waals surface area contributed by atoms with E-state index in [4.69, 9.17) is 5.21 Å². The first-order valence-electron chi connectivity index (χ1n) is 8.14. The minimum atomic E-state index is -0.269. The smallest absolute Gasteiger partial charge is 0.143 e. The molecule has 1 saturated carbocycles. The number of imidazole rings is 1. The van der Waals surface area contributed by atoms with Crippen molar-refractivity contribution in [2.75, 3.05) is 6.54 Å². The van der Waals surface area contributed by atoms with Gasteiger partial charge in [0.2, 0.25) is 0 Å². The molecule has 23 heavy (non-hydrogen) atoms. The fourth-order valence-electron chi connectivity index (χ4n) is 2.69. The fraction of sp³-hybridized carbons (Fsp3) is 0.471. The van der Waals surface area contributed by atoms with E-state index < -0.39 is 0 Å². The summed E-state index contributed by atoms with van der Waals surface area (Å²) in [6.45, 7) is 3.24. The van der Waals surface area contributed by atoms with E-state index in [-0.39, 0.29) is 11.9 Å². The van der Waals surface area contributed by atoms with Crippen LogP contribution in [0, 0.1) is 5.82 Å². The molecule has 1 heterocycles. The van der Waals surface area contributed by atoms with Crippen molar-refractivity contribution >= 4 is 0 Å². The third-order valence-corrected chi connectivity index (χ3v) is 4.10. The Bertz CT molecular complexity index is 654. The van der Waals surface area contributed by atoms with E-state index >= 15 is 0 Å². The largest absolute Gasteiger partial charge is 0.330 e. The van der Waals surface area contributed by atoms with Crippen molar-refractivity contribution in [2.24, 2.45) is 0 Å². The van der Waals surface area contributed by atoms with Gasteiger partial charge in [-0.2, -0.15) is 0 Å². The first-order valence-corrected chi connectivity index (χ1v) is 8.14. The van der Waals surface area contributed by atoms with Gasteiger partial charge in [-0.05, 0) is 38.3 Å². The lowest BCUT2D eigenvalue weighted by Crippen LogP contribution is -2.20. The number of nitrogens with one attached hydrogen (secondary N) is 2. The monoisotopic (exact) mass is 318 g/mol. The van der Waals surface area contributed by atoms with E-state index in [9.17, 15) is 4.39 Å². The van der Waals surface area contributed by atoms with Crippen LogP contribution in [-0.2, 0) is 6.54 Å². The number of hydroxylamine groups is 1. The quantitative estimate of drug-likeness (QED) is 0.517. The number of aromatic nitrogens is 2. The molecule has 124 valence electrons. The molecule has 6 heteroatoms. The van der Waals surface area contributed by atoms with Gasteiger partial charge < -0.3 is 15.1 Å². The van der Waals surface area contributed by atoms with E-state index in [0.717, 1.165) is 12.1 Å². The standard InChI is InChI=1S/C17H23FN4O/c1-12(20-13-7-8-13)16-11-22(10-4-9-19-23)17(21-16)14-5-2-3-6-15(14)18/h2-3,5-6,11-13,19-20,23H,4,7-10H2,1H3. The number of halogens is 1. The van der Waals surface area contributed by atoms with Crippen molar-refractivity contribution in [2.45, 2.75) is 44.8 Å². The summed E-state index contributed by atoms with van der Waals surface area (Å²) in [6, 6.07) is 7.44. The minimum Gasteiger partial charge on any atom is -0.330 e. The molecule has 1 aliphatic rings. The van der Waals surface area contributed by atoms with Gasteiger partial charge in [0.05, 0.1) is 11.3 Å². The Balaban J connectivity index is 1.88. The van der Waals surface area contributed by atoms with Gasteiger partial charge in [-0.3, -0.25) is 0 Å². The summed E-state index contributed by atoms with van der Waals surface area (Å²) in [5, 5.41) is 12.3. The molecule has 2 aromatic rings. The highest BCUT2D eigenvalue weighted by atomic mass is 19.1. The second-order valence-electron chi connectivity index (χ2n) is 6.09. The second-order valence-corrected chi connectivity index (χ2v) is 6.09. The lowest BCUT2D eigenvalue weighted by Gasteiger charge is -2.09. The summed E-state index contributed by atoms with van der Waals surface area (Å²) in [4.78, 5) is 4.68. The molecule has 0 saturated heterocycles. The Labute approximate surface area is 135 Å². The first-order chi connectivity index (χ1) is 11.2. The highest BCUT2D eigenvalue weighted by Crippen LogP contribution is 2.27. The van der Waals surface area contributed by atoms with Crippen LogP contribution in [-0.4, -0.2) is 27.3 Å². The summed E-state index contributed by atoms with van der Waals surface area (Å²) < 4.78 is 16.1. The topological polar surface area (TPSA) is 62.1 Å². The molecule has 1 aliphatic carbocycles. The van der Waals surface area contributed by atoms with Gasteiger partial charge in [0.25, 0.3) is 0 Å². The molecule has 3 N–H and O–H groups in total. The average molecular weight is 318 g/mol. The molecule has 0 radical (unpaired) electrons. The Morgan fingerprint density at radius 2 is 2.17 bits per heavy atom. The second kappa shape index (κ2) is 7.21. The van der Waals surface area contributed by atoms with E-state index in [0.29, 0.717) is 30.5 Å². The molecule has 1 aromatic heterocycles. The summed E-state index contributed by atoms with van der Waals surface area (Å²) in [5.74, 6) is 0.370. The van der Waals surface area contributed by atoms with Gasteiger partial charge >= 0.3 is 0 Å².